The van der Waals surface area contributed by atoms with Crippen molar-refractivity contribution in [2.75, 3.05) is 6.61 Å². The largest absolute Gasteiger partial charge is 0.494 e. The molecular weight excluding hydrogens is 314 g/mol. The highest BCUT2D eigenvalue weighted by molar-refractivity contribution is 5.28. The Balaban J connectivity index is 1.76. The average Bonchev–Trinajstić information content (AvgIpc) is 2.60. The van der Waals surface area contributed by atoms with Crippen molar-refractivity contribution in [3.63, 3.8) is 0 Å². The molecular formula is C20H25N3O2. The van der Waals surface area contributed by atoms with Crippen LogP contribution in [0.25, 0.3) is 0 Å². The molecule has 0 bridgehead atoms. The van der Waals surface area contributed by atoms with Crippen LogP contribution in [-0.4, -0.2) is 17.7 Å². The number of nitriles is 1. The number of rotatable bonds is 10. The first-order valence-electron chi connectivity index (χ1n) is 8.58. The van der Waals surface area contributed by atoms with Crippen LogP contribution in [-0.2, 0) is 13.1 Å². The Labute approximate surface area is 149 Å². The summed E-state index contributed by atoms with van der Waals surface area (Å²) in [5.74, 6) is 1.49. The van der Waals surface area contributed by atoms with E-state index in [1.165, 1.54) is 0 Å². The van der Waals surface area contributed by atoms with Crippen molar-refractivity contribution in [2.24, 2.45) is 0 Å². The lowest BCUT2D eigenvalue weighted by Gasteiger charge is -2.10. The fraction of sp³-hybridized carbons (Fsp3) is 0.400. The van der Waals surface area contributed by atoms with Gasteiger partial charge in [0.25, 0.3) is 0 Å². The summed E-state index contributed by atoms with van der Waals surface area (Å²) in [4.78, 5) is 4.30. The van der Waals surface area contributed by atoms with Crippen LogP contribution in [0.1, 0.15) is 37.8 Å². The van der Waals surface area contributed by atoms with Gasteiger partial charge < -0.3 is 14.8 Å². The number of nitrogens with zero attached hydrogens (tertiary/aromatic N) is 2. The normalized spacial score (nSPS) is 10.5. The first kappa shape index (κ1) is 18.8. The maximum absolute atomic E-state index is 8.53. The smallest absolute Gasteiger partial charge is 0.213 e. The molecule has 2 rings (SSSR count). The first-order valence-corrected chi connectivity index (χ1v) is 8.58. The van der Waals surface area contributed by atoms with E-state index in [0.29, 0.717) is 18.9 Å². The molecule has 1 aromatic carbocycles. The SMILES string of the molecule is CC(C)Oc1ccc(CNCc2cccc(OCCCC#N)c2)cn1. The van der Waals surface area contributed by atoms with Crippen LogP contribution in [0.2, 0.25) is 0 Å². The minimum atomic E-state index is 0.130. The van der Waals surface area contributed by atoms with E-state index in [0.717, 1.165) is 36.4 Å². The van der Waals surface area contributed by atoms with Gasteiger partial charge in [0, 0.05) is 31.8 Å². The Morgan fingerprint density at radius 1 is 1.16 bits per heavy atom. The molecule has 5 nitrogen and oxygen atoms in total. The summed E-state index contributed by atoms with van der Waals surface area (Å²) in [6.07, 6.45) is 3.24. The lowest BCUT2D eigenvalue weighted by atomic mass is 10.2. The summed E-state index contributed by atoms with van der Waals surface area (Å²) in [5.41, 5.74) is 2.27. The van der Waals surface area contributed by atoms with Gasteiger partial charge in [-0.25, -0.2) is 4.98 Å². The summed E-state index contributed by atoms with van der Waals surface area (Å²) in [6.45, 7) is 6.03. The van der Waals surface area contributed by atoms with Gasteiger partial charge in [-0.15, -0.1) is 0 Å². The van der Waals surface area contributed by atoms with Gasteiger partial charge in [-0.3, -0.25) is 0 Å². The lowest BCUT2D eigenvalue weighted by molar-refractivity contribution is 0.232. The van der Waals surface area contributed by atoms with Crippen molar-refractivity contribution in [3.05, 3.63) is 53.7 Å². The van der Waals surface area contributed by atoms with Crippen molar-refractivity contribution >= 4 is 0 Å². The maximum Gasteiger partial charge on any atom is 0.213 e. The maximum atomic E-state index is 8.53. The summed E-state index contributed by atoms with van der Waals surface area (Å²) in [5, 5.41) is 11.9. The van der Waals surface area contributed by atoms with Gasteiger partial charge in [0.15, 0.2) is 0 Å². The zero-order valence-electron chi connectivity index (χ0n) is 14.9. The Morgan fingerprint density at radius 2 is 2.00 bits per heavy atom. The molecule has 0 saturated heterocycles. The monoisotopic (exact) mass is 339 g/mol. The quantitative estimate of drug-likeness (QED) is 0.666. The first-order chi connectivity index (χ1) is 12.2. The molecule has 0 fully saturated rings. The molecule has 0 amide bonds. The molecule has 0 aliphatic carbocycles. The van der Waals surface area contributed by atoms with E-state index >= 15 is 0 Å². The van der Waals surface area contributed by atoms with E-state index in [-0.39, 0.29) is 6.10 Å². The molecule has 0 aliphatic heterocycles. The van der Waals surface area contributed by atoms with Gasteiger partial charge in [-0.1, -0.05) is 18.2 Å². The predicted molar refractivity (Wildman–Crippen MR) is 97.3 cm³/mol. The summed E-state index contributed by atoms with van der Waals surface area (Å²) in [7, 11) is 0. The average molecular weight is 339 g/mol. The number of hydrogen-bond acceptors (Lipinski definition) is 5. The predicted octanol–water partition coefficient (Wildman–Crippen LogP) is 3.84. The van der Waals surface area contributed by atoms with E-state index in [4.69, 9.17) is 14.7 Å². The van der Waals surface area contributed by atoms with E-state index in [1.54, 1.807) is 0 Å². The molecule has 0 spiro atoms. The topological polar surface area (TPSA) is 67.2 Å². The van der Waals surface area contributed by atoms with E-state index in [2.05, 4.69) is 22.4 Å². The molecule has 0 radical (unpaired) electrons. The highest BCUT2D eigenvalue weighted by atomic mass is 16.5. The minimum Gasteiger partial charge on any atom is -0.494 e. The fourth-order valence-corrected chi connectivity index (χ4v) is 2.26. The Morgan fingerprint density at radius 3 is 2.72 bits per heavy atom. The van der Waals surface area contributed by atoms with Crippen LogP contribution in [0.5, 0.6) is 11.6 Å². The molecule has 0 saturated carbocycles. The molecule has 0 unspecified atom stereocenters. The summed E-state index contributed by atoms with van der Waals surface area (Å²) in [6, 6.07) is 14.0. The highest BCUT2D eigenvalue weighted by Crippen LogP contribution is 2.14. The van der Waals surface area contributed by atoms with E-state index in [1.807, 2.05) is 50.4 Å². The summed E-state index contributed by atoms with van der Waals surface area (Å²) >= 11 is 0. The number of nitrogens with one attached hydrogen (secondary N) is 1. The zero-order chi connectivity index (χ0) is 17.9. The second-order valence-electron chi connectivity index (χ2n) is 6.03. The van der Waals surface area contributed by atoms with Gasteiger partial charge >= 0.3 is 0 Å². The van der Waals surface area contributed by atoms with Crippen molar-refractivity contribution < 1.29 is 9.47 Å². The molecule has 1 aromatic heterocycles. The number of aromatic nitrogens is 1. The number of unbranched alkanes of at least 4 members (excludes halogenated alkanes) is 1. The molecule has 1 heterocycles. The van der Waals surface area contributed by atoms with Crippen LogP contribution < -0.4 is 14.8 Å². The molecule has 5 heteroatoms. The van der Waals surface area contributed by atoms with E-state index in [9.17, 15) is 0 Å². The Bertz CT molecular complexity index is 678. The van der Waals surface area contributed by atoms with Gasteiger partial charge in [0.05, 0.1) is 18.8 Å². The molecule has 1 N–H and O–H groups in total. The third-order valence-corrected chi connectivity index (χ3v) is 3.41. The van der Waals surface area contributed by atoms with Gasteiger partial charge in [0.2, 0.25) is 5.88 Å². The second kappa shape index (κ2) is 10.3. The van der Waals surface area contributed by atoms with Crippen molar-refractivity contribution in [1.82, 2.24) is 10.3 Å². The molecule has 0 aliphatic rings. The van der Waals surface area contributed by atoms with Crippen LogP contribution in [0.4, 0.5) is 0 Å². The third kappa shape index (κ3) is 7.23. The van der Waals surface area contributed by atoms with Crippen LogP contribution in [0.3, 0.4) is 0 Å². The zero-order valence-corrected chi connectivity index (χ0v) is 14.9. The molecule has 0 atom stereocenters. The van der Waals surface area contributed by atoms with Crippen LogP contribution in [0, 0.1) is 11.3 Å². The summed E-state index contributed by atoms with van der Waals surface area (Å²) < 4.78 is 11.2. The van der Waals surface area contributed by atoms with Gasteiger partial charge in [-0.05, 0) is 43.5 Å². The van der Waals surface area contributed by atoms with Crippen molar-refractivity contribution in [2.45, 2.75) is 45.9 Å². The molecule has 2 aromatic rings. The minimum absolute atomic E-state index is 0.130. The number of ether oxygens (including phenoxy) is 2. The number of hydrogen-bond donors (Lipinski definition) is 1. The van der Waals surface area contributed by atoms with E-state index < -0.39 is 0 Å². The second-order valence-corrected chi connectivity index (χ2v) is 6.03. The van der Waals surface area contributed by atoms with Gasteiger partial charge in [0.1, 0.15) is 5.75 Å². The van der Waals surface area contributed by atoms with Crippen molar-refractivity contribution in [1.29, 1.82) is 5.26 Å². The third-order valence-electron chi connectivity index (χ3n) is 3.41. The molecule has 25 heavy (non-hydrogen) atoms. The number of pyridine rings is 1. The standard InChI is InChI=1S/C20H25N3O2/c1-16(2)25-20-9-8-18(15-23-20)14-22-13-17-6-5-7-19(12-17)24-11-4-3-10-21/h5-9,12,15-16,22H,3-4,11,13-14H2,1-2H3. The van der Waals surface area contributed by atoms with Crippen molar-refractivity contribution in [3.8, 4) is 17.7 Å². The number of benzene rings is 1. The highest BCUT2D eigenvalue weighted by Gasteiger charge is 2.01. The Kier molecular flexibility index (Phi) is 7.74. The van der Waals surface area contributed by atoms with Gasteiger partial charge in [-0.2, -0.15) is 5.26 Å². The Hall–Kier alpha value is -2.58. The fourth-order valence-electron chi connectivity index (χ4n) is 2.26. The van der Waals surface area contributed by atoms with Crippen LogP contribution >= 0.6 is 0 Å². The molecule has 132 valence electrons. The van der Waals surface area contributed by atoms with Crippen LogP contribution in [0.15, 0.2) is 42.6 Å². The lowest BCUT2D eigenvalue weighted by Crippen LogP contribution is -2.13.